The van der Waals surface area contributed by atoms with Gasteiger partial charge in [0, 0.05) is 43.7 Å². The Labute approximate surface area is 406 Å². The van der Waals surface area contributed by atoms with Gasteiger partial charge in [0.05, 0.1) is 24.8 Å². The van der Waals surface area contributed by atoms with Crippen LogP contribution >= 0.6 is 0 Å². The van der Waals surface area contributed by atoms with Crippen LogP contribution in [0.25, 0.3) is 0 Å². The van der Waals surface area contributed by atoms with Crippen LogP contribution in [0.5, 0.6) is 0 Å². The third-order valence-electron chi connectivity index (χ3n) is 11.7. The highest BCUT2D eigenvalue weighted by Gasteiger charge is 2.36. The average molecular weight is 985 g/mol. The quantitative estimate of drug-likeness (QED) is 0.0376. The number of carbonyl (C=O) groups is 10. The Kier molecular flexibility index (Phi) is 25.2. The van der Waals surface area contributed by atoms with Crippen LogP contribution in [0.1, 0.15) is 97.7 Å². The second kappa shape index (κ2) is 29.8. The van der Waals surface area contributed by atoms with E-state index in [4.69, 9.17) is 22.3 Å². The van der Waals surface area contributed by atoms with Crippen LogP contribution in [-0.2, 0) is 60.8 Å². The smallest absolute Gasteiger partial charge is 0.326 e. The molecule has 2 rings (SSSR count). The number of carbonyl (C=O) groups excluding carboxylic acids is 8. The van der Waals surface area contributed by atoms with E-state index < -0.39 is 126 Å². The number of carboxylic acids is 2. The molecule has 0 saturated carbocycles. The van der Waals surface area contributed by atoms with Crippen molar-refractivity contribution in [3.63, 3.8) is 0 Å². The number of hydrogen-bond acceptors (Lipinski definition) is 13. The van der Waals surface area contributed by atoms with Gasteiger partial charge in [-0.25, -0.2) is 9.78 Å². The van der Waals surface area contributed by atoms with E-state index in [9.17, 15) is 53.1 Å². The van der Waals surface area contributed by atoms with Gasteiger partial charge >= 0.3 is 11.9 Å². The first kappa shape index (κ1) is 59.2. The molecule has 24 heteroatoms. The minimum atomic E-state index is -1.53. The van der Waals surface area contributed by atoms with E-state index in [0.29, 0.717) is 18.5 Å². The van der Waals surface area contributed by atoms with E-state index in [1.807, 2.05) is 51.1 Å². The number of benzene rings is 1. The van der Waals surface area contributed by atoms with Gasteiger partial charge < -0.3 is 69.6 Å². The summed E-state index contributed by atoms with van der Waals surface area (Å²) in [6.07, 6.45) is 1.90. The first-order chi connectivity index (χ1) is 33.0. The van der Waals surface area contributed by atoms with E-state index in [-0.39, 0.29) is 51.0 Å². The lowest BCUT2D eigenvalue weighted by Gasteiger charge is -2.32. The number of amides is 8. The van der Waals surface area contributed by atoms with Crippen molar-refractivity contribution in [1.82, 2.24) is 47.2 Å². The normalized spacial score (nSPS) is 15.5. The highest BCUT2D eigenvalue weighted by molar-refractivity contribution is 5.96. The van der Waals surface area contributed by atoms with Crippen molar-refractivity contribution in [2.75, 3.05) is 6.54 Å². The van der Waals surface area contributed by atoms with Crippen LogP contribution in [-0.4, -0.2) is 134 Å². The van der Waals surface area contributed by atoms with Crippen molar-refractivity contribution in [2.45, 2.75) is 148 Å². The highest BCUT2D eigenvalue weighted by Crippen LogP contribution is 2.15. The third kappa shape index (κ3) is 20.7. The molecule has 0 aliphatic carbocycles. The largest absolute Gasteiger partial charge is 0.481 e. The van der Waals surface area contributed by atoms with Crippen molar-refractivity contribution < 1.29 is 58.2 Å². The van der Waals surface area contributed by atoms with Crippen LogP contribution in [0.4, 0.5) is 0 Å². The molecule has 0 aliphatic heterocycles. The van der Waals surface area contributed by atoms with Crippen molar-refractivity contribution in [1.29, 1.82) is 0 Å². The van der Waals surface area contributed by atoms with Crippen LogP contribution in [0.15, 0.2) is 42.9 Å². The molecule has 0 bridgehead atoms. The van der Waals surface area contributed by atoms with Crippen LogP contribution in [0.2, 0.25) is 0 Å². The van der Waals surface area contributed by atoms with Gasteiger partial charge in [-0.1, -0.05) is 84.7 Å². The zero-order chi connectivity index (χ0) is 52.7. The fourth-order valence-corrected chi connectivity index (χ4v) is 7.17. The zero-order valence-electron chi connectivity index (χ0n) is 40.6. The molecule has 10 atom stereocenters. The molecule has 0 aliphatic rings. The molecule has 1 heterocycles. The minimum absolute atomic E-state index is 0.0111. The zero-order valence-corrected chi connectivity index (χ0v) is 40.6. The number of primary amides is 2. The number of aromatic nitrogens is 2. The Morgan fingerprint density at radius 3 is 1.67 bits per heavy atom. The number of nitrogens with zero attached hydrogens (tertiary/aromatic N) is 1. The molecule has 2 aromatic rings. The van der Waals surface area contributed by atoms with Crippen molar-refractivity contribution >= 4 is 59.2 Å². The summed E-state index contributed by atoms with van der Waals surface area (Å²) >= 11 is 0. The van der Waals surface area contributed by atoms with Crippen LogP contribution in [0.3, 0.4) is 0 Å². The lowest BCUT2D eigenvalue weighted by atomic mass is 9.93. The summed E-state index contributed by atoms with van der Waals surface area (Å²) in [6.45, 7) is 10.5. The number of rotatable bonds is 33. The Morgan fingerprint density at radius 2 is 1.14 bits per heavy atom. The van der Waals surface area contributed by atoms with E-state index in [2.05, 4.69) is 47.2 Å². The summed E-state index contributed by atoms with van der Waals surface area (Å²) in [5, 5.41) is 38.0. The van der Waals surface area contributed by atoms with Crippen molar-refractivity contribution in [2.24, 2.45) is 35.0 Å². The summed E-state index contributed by atoms with van der Waals surface area (Å²) in [5.41, 5.74) is 17.5. The molecule has 0 unspecified atom stereocenters. The lowest BCUT2D eigenvalue weighted by molar-refractivity contribution is -0.143. The Balaban J connectivity index is 2.43. The van der Waals surface area contributed by atoms with Crippen molar-refractivity contribution in [3.8, 4) is 0 Å². The number of H-pyrrole nitrogens is 1. The fraction of sp³-hybridized carbons (Fsp3) is 0.587. The number of nitrogens with one attached hydrogen (secondary N) is 8. The molecule has 0 spiro atoms. The topological polar surface area (TPSA) is 402 Å². The summed E-state index contributed by atoms with van der Waals surface area (Å²) in [5.74, 6) is -10.2. The van der Waals surface area contributed by atoms with E-state index in [1.54, 1.807) is 20.8 Å². The molecule has 1 aromatic heterocycles. The Hall–Kier alpha value is -6.95. The van der Waals surface area contributed by atoms with Gasteiger partial charge in [0.25, 0.3) is 0 Å². The number of nitrogens with two attached hydrogens (primary N) is 3. The van der Waals surface area contributed by atoms with Gasteiger partial charge in [-0.3, -0.25) is 43.2 Å². The van der Waals surface area contributed by atoms with Crippen molar-refractivity contribution in [3.05, 3.63) is 54.1 Å². The molecule has 8 amide bonds. The number of imidazole rings is 1. The Bertz CT molecular complexity index is 2070. The lowest BCUT2D eigenvalue weighted by Crippen LogP contribution is -2.61. The second-order valence-electron chi connectivity index (χ2n) is 17.8. The predicted octanol–water partition coefficient (Wildman–Crippen LogP) is -1.77. The monoisotopic (exact) mass is 985 g/mol. The van der Waals surface area contributed by atoms with Gasteiger partial charge in [0.2, 0.25) is 47.3 Å². The molecular weight excluding hydrogens is 913 g/mol. The van der Waals surface area contributed by atoms with Gasteiger partial charge in [-0.05, 0) is 42.6 Å². The highest BCUT2D eigenvalue weighted by atomic mass is 16.4. The van der Waals surface area contributed by atoms with E-state index in [1.165, 1.54) is 12.5 Å². The molecule has 16 N–H and O–H groups in total. The first-order valence-electron chi connectivity index (χ1n) is 23.3. The molecule has 0 fully saturated rings. The van der Waals surface area contributed by atoms with Gasteiger partial charge in [0.15, 0.2) is 0 Å². The summed E-state index contributed by atoms with van der Waals surface area (Å²) < 4.78 is 0. The molecule has 0 saturated heterocycles. The number of hydrogen-bond donors (Lipinski definition) is 13. The molecular formula is C46H72N12O12. The van der Waals surface area contributed by atoms with Gasteiger partial charge in [-0.2, -0.15) is 0 Å². The maximum absolute atomic E-state index is 14.3. The Morgan fingerprint density at radius 1 is 0.629 bits per heavy atom. The fourth-order valence-electron chi connectivity index (χ4n) is 7.17. The molecule has 388 valence electrons. The summed E-state index contributed by atoms with van der Waals surface area (Å²) in [6, 6.07) is -0.703. The minimum Gasteiger partial charge on any atom is -0.481 e. The molecule has 70 heavy (non-hydrogen) atoms. The van der Waals surface area contributed by atoms with Crippen LogP contribution in [0, 0.1) is 17.8 Å². The van der Waals surface area contributed by atoms with Gasteiger partial charge in [0.1, 0.15) is 30.2 Å². The first-order valence-corrected chi connectivity index (χ1v) is 23.3. The standard InChI is InChI=1S/C46H72N12O12/c1-7-25(5)38(44(67)58-39(26(6)8-2)45(68)57-37(24(3)4)43(66)55-32(46(69)70)15-17-35(49)60)51-22-29(18-27-12-10-9-11-13-27)53-42(65)33(19-28-21-50-23-52-28)56-41(64)31(14-16-34(48)59)54-40(63)30(47)20-36(61)62/h9-13,21,23-26,29-33,37-39,51H,7-8,14-20,22,47H2,1-6H3,(H2,48,59)(H2,49,60)(H,50,52)(H,53,65)(H,54,63)(H,55,66)(H,56,64)(H,57,68)(H,58,67)(H,61,62)(H,69,70)/t25-,26-,29-,30-,31-,32-,33-,37-,38-,39-/m0/s1. The maximum Gasteiger partial charge on any atom is 0.326 e. The number of carboxylic acid groups (broad SMARTS) is 2. The van der Waals surface area contributed by atoms with E-state index >= 15 is 0 Å². The molecule has 24 nitrogen and oxygen atoms in total. The second-order valence-corrected chi connectivity index (χ2v) is 17.8. The molecule has 0 radical (unpaired) electrons. The SMILES string of the molecule is CC[C@H](C)[C@H](NC[C@H](Cc1ccccc1)NC(=O)[C@H](Cc1cnc[nH]1)NC(=O)[C@H](CCC(N)=O)NC(=O)[C@@H](N)CC(=O)O)C(=O)N[C@H](C(=O)N[C@H](C(=O)N[C@@H](CCC(N)=O)C(=O)O)C(C)C)[C@@H](C)CC. The maximum atomic E-state index is 14.3. The number of aromatic amines is 1. The molecule has 1 aromatic carbocycles. The third-order valence-corrected chi connectivity index (χ3v) is 11.7. The van der Waals surface area contributed by atoms with Gasteiger partial charge in [-0.15, -0.1) is 0 Å². The van der Waals surface area contributed by atoms with E-state index in [0.717, 1.165) is 5.56 Å². The number of aliphatic carboxylic acids is 2. The summed E-state index contributed by atoms with van der Waals surface area (Å²) in [7, 11) is 0. The van der Waals surface area contributed by atoms with Crippen LogP contribution < -0.4 is 54.4 Å². The summed E-state index contributed by atoms with van der Waals surface area (Å²) in [4.78, 5) is 136. The average Bonchev–Trinajstić information content (AvgIpc) is 3.82. The predicted molar refractivity (Wildman–Crippen MR) is 254 cm³/mol.